The van der Waals surface area contributed by atoms with Crippen molar-refractivity contribution >= 4 is 79.4 Å². The summed E-state index contributed by atoms with van der Waals surface area (Å²) in [7, 11) is 0. The van der Waals surface area contributed by atoms with Gasteiger partial charge in [-0.1, -0.05) is 191 Å². The Morgan fingerprint density at radius 1 is 0.229 bits per heavy atom. The van der Waals surface area contributed by atoms with Gasteiger partial charge in [0, 0.05) is 79.7 Å². The zero-order valence-electron chi connectivity index (χ0n) is 55.1. The Morgan fingerprint density at radius 3 is 0.500 bits per heavy atom. The SMILES string of the molecule is Cc1ccc(C(=O)[O-])c(C)c1.Cc1ccc(C(=O)[O-])c(C)c1.Cc1ccc(C(=O)[O-])c(C)c1.Cc1ccc(C(=O)[O-])c(C)c1.Cc1ccc(C(=O)[O-])c(C)c1.Cc1ccc(C(=O)[O-])c(C)c1.[Sm+3].[Sm+3].c1cnc2c(c1)ccc1cccnc12.c1cnc2c(c1)ccc1cccnc12. The molecule has 0 saturated carbocycles. The molecule has 0 atom stereocenters. The summed E-state index contributed by atoms with van der Waals surface area (Å²) in [5, 5.41) is 67.1. The van der Waals surface area contributed by atoms with Crippen molar-refractivity contribution < 1.29 is 140 Å². The van der Waals surface area contributed by atoms with Crippen LogP contribution in [-0.2, 0) is 0 Å². The monoisotopic (exact) mass is 1560 g/mol. The summed E-state index contributed by atoms with van der Waals surface area (Å²) >= 11 is 0. The van der Waals surface area contributed by atoms with E-state index in [1.54, 1.807) is 139 Å². The Labute approximate surface area is 623 Å². The fourth-order valence-electron chi connectivity index (χ4n) is 9.62. The number of benzene rings is 8. The molecule has 0 fully saturated rings. The van der Waals surface area contributed by atoms with Gasteiger partial charge in [0.25, 0.3) is 0 Å². The summed E-state index contributed by atoms with van der Waals surface area (Å²) in [6.45, 7) is 22.1. The first-order chi connectivity index (χ1) is 44.6. The third-order valence-electron chi connectivity index (χ3n) is 14.3. The number of aromatic nitrogens is 4. The summed E-state index contributed by atoms with van der Waals surface area (Å²) in [6.07, 6.45) is 7.21. The summed E-state index contributed by atoms with van der Waals surface area (Å²) in [5.41, 5.74) is 16.5. The molecule has 0 N–H and O–H groups in total. The molecule has 0 aliphatic rings. The number of aryl methyl sites for hydroxylation is 12. The van der Waals surface area contributed by atoms with Gasteiger partial charge in [-0.2, -0.15) is 0 Å². The van der Waals surface area contributed by atoms with Gasteiger partial charge in [0.1, 0.15) is 0 Å². The van der Waals surface area contributed by atoms with Crippen LogP contribution in [0.1, 0.15) is 129 Å². The van der Waals surface area contributed by atoms with Crippen LogP contribution in [0, 0.1) is 164 Å². The van der Waals surface area contributed by atoms with Crippen LogP contribution in [0.5, 0.6) is 0 Å². The first-order valence-electron chi connectivity index (χ1n) is 29.4. The number of hydrogen-bond donors (Lipinski definition) is 0. The molecule has 8 aromatic carbocycles. The summed E-state index contributed by atoms with van der Waals surface area (Å²) in [4.78, 5) is 79.9. The molecule has 4 aromatic heterocycles. The van der Waals surface area contributed by atoms with E-state index < -0.39 is 35.8 Å². The Hall–Kier alpha value is -9.10. The minimum Gasteiger partial charge on any atom is -0.545 e. The second-order valence-corrected chi connectivity index (χ2v) is 22.1. The number of aromatic carboxylic acids is 6. The Bertz CT molecular complexity index is 4010. The van der Waals surface area contributed by atoms with Gasteiger partial charge in [-0.25, -0.2) is 0 Å². The zero-order valence-corrected chi connectivity index (χ0v) is 60.4. The van der Waals surface area contributed by atoms with E-state index in [2.05, 4.69) is 68.5 Å². The number of hydrogen-bond acceptors (Lipinski definition) is 16. The van der Waals surface area contributed by atoms with Gasteiger partial charge in [0.15, 0.2) is 0 Å². The van der Waals surface area contributed by atoms with Crippen LogP contribution in [0.15, 0.2) is 207 Å². The van der Waals surface area contributed by atoms with Crippen LogP contribution in [0.25, 0.3) is 43.6 Å². The van der Waals surface area contributed by atoms with Crippen LogP contribution in [-0.4, -0.2) is 55.8 Å². The molecule has 486 valence electrons. The van der Waals surface area contributed by atoms with Crippen molar-refractivity contribution in [3.8, 4) is 0 Å². The van der Waals surface area contributed by atoms with E-state index in [0.717, 1.165) is 110 Å². The van der Waals surface area contributed by atoms with Crippen molar-refractivity contribution in [3.63, 3.8) is 0 Å². The Kier molecular flexibility index (Phi) is 33.5. The predicted molar refractivity (Wildman–Crippen MR) is 356 cm³/mol. The van der Waals surface area contributed by atoms with Crippen molar-refractivity contribution in [1.29, 1.82) is 0 Å². The van der Waals surface area contributed by atoms with E-state index in [1.807, 2.05) is 102 Å². The van der Waals surface area contributed by atoms with Gasteiger partial charge in [0.05, 0.1) is 57.9 Å². The molecule has 2 radical (unpaired) electrons. The minimum atomic E-state index is -1.11. The van der Waals surface area contributed by atoms with Crippen molar-refractivity contribution in [2.45, 2.75) is 83.1 Å². The second kappa shape index (κ2) is 39.7. The average molecular weight is 1560 g/mol. The molecule has 0 bridgehead atoms. The normalized spacial score (nSPS) is 9.79. The molecule has 0 aliphatic heterocycles. The zero-order chi connectivity index (χ0) is 69.3. The first kappa shape index (κ1) is 81.1. The number of pyridine rings is 4. The van der Waals surface area contributed by atoms with E-state index in [4.69, 9.17) is 0 Å². The van der Waals surface area contributed by atoms with Gasteiger partial charge >= 0.3 is 80.8 Å². The summed E-state index contributed by atoms with van der Waals surface area (Å²) < 4.78 is 0. The van der Waals surface area contributed by atoms with Crippen LogP contribution >= 0.6 is 0 Å². The largest absolute Gasteiger partial charge is 3.00 e. The van der Waals surface area contributed by atoms with E-state index in [0.29, 0.717) is 0 Å². The predicted octanol–water partition coefficient (Wildman–Crippen LogP) is 9.57. The standard InChI is InChI=1S/2C12H8N2.6C9H10O2.2Sm/c2*1-3-9-5-6-10-4-2-8-14-12(10)11(9)13-7-1;6*1-6-3-4-8(9(10)11)7(2)5-6;;/h2*1-8H;6*3-5H,1-2H3,(H,10,11);;/q;;;;;;;;2*+3/p-6. The van der Waals surface area contributed by atoms with Crippen LogP contribution in [0.2, 0.25) is 0 Å². The molecule has 16 nitrogen and oxygen atoms in total. The number of carbonyl (C=O) groups is 6. The maximum absolute atomic E-state index is 10.4. The second-order valence-electron chi connectivity index (χ2n) is 22.1. The number of rotatable bonds is 6. The maximum Gasteiger partial charge on any atom is 3.00 e. The van der Waals surface area contributed by atoms with Crippen molar-refractivity contribution in [2.75, 3.05) is 0 Å². The molecule has 18 heteroatoms. The molecular formula is C78H70N4O12Sm2. The van der Waals surface area contributed by atoms with E-state index in [9.17, 15) is 59.4 Å². The molecule has 0 amide bonds. The van der Waals surface area contributed by atoms with Gasteiger partial charge < -0.3 is 59.4 Å². The topological polar surface area (TPSA) is 292 Å². The number of carboxylic acid groups (broad SMARTS) is 6. The first-order valence-corrected chi connectivity index (χ1v) is 29.4. The number of carbonyl (C=O) groups excluding carboxylic acids is 6. The molecule has 0 spiro atoms. The quantitative estimate of drug-likeness (QED) is 0.140. The Morgan fingerprint density at radius 2 is 0.375 bits per heavy atom. The molecular weight excluding hydrogens is 1490 g/mol. The molecule has 0 aliphatic carbocycles. The molecule has 12 aromatic rings. The Balaban J connectivity index is 0.000000286. The molecule has 96 heavy (non-hydrogen) atoms. The van der Waals surface area contributed by atoms with Crippen LogP contribution in [0.4, 0.5) is 0 Å². The van der Waals surface area contributed by atoms with Crippen molar-refractivity contribution in [3.05, 3.63) is 307 Å². The van der Waals surface area contributed by atoms with Gasteiger partial charge in [0.2, 0.25) is 0 Å². The third-order valence-corrected chi connectivity index (χ3v) is 14.3. The van der Waals surface area contributed by atoms with Crippen LogP contribution in [0.3, 0.4) is 0 Å². The fraction of sp³-hybridized carbons (Fsp3) is 0.154. The van der Waals surface area contributed by atoms with Gasteiger partial charge in [-0.15, -0.1) is 0 Å². The summed E-state index contributed by atoms with van der Waals surface area (Å²) in [5.74, 6) is -6.65. The number of fused-ring (bicyclic) bond motifs is 6. The van der Waals surface area contributed by atoms with E-state index in [-0.39, 0.29) is 114 Å². The molecule has 0 saturated heterocycles. The molecule has 0 unspecified atom stereocenters. The number of carboxylic acids is 6. The third kappa shape index (κ3) is 24.9. The molecule has 4 heterocycles. The summed E-state index contributed by atoms with van der Waals surface area (Å²) in [6, 6.07) is 55.2. The average Bonchev–Trinajstić information content (AvgIpc) is 0.809. The van der Waals surface area contributed by atoms with Gasteiger partial charge in [-0.05, 0) is 141 Å². The fourth-order valence-corrected chi connectivity index (χ4v) is 9.62. The van der Waals surface area contributed by atoms with E-state index in [1.165, 1.54) is 0 Å². The van der Waals surface area contributed by atoms with Crippen molar-refractivity contribution in [1.82, 2.24) is 19.9 Å². The smallest absolute Gasteiger partial charge is 0.545 e. The number of nitrogens with zero attached hydrogens (tertiary/aromatic N) is 4. The van der Waals surface area contributed by atoms with E-state index >= 15 is 0 Å². The maximum atomic E-state index is 10.4. The molecule has 12 rings (SSSR count). The van der Waals surface area contributed by atoms with Gasteiger partial charge in [-0.3, -0.25) is 19.9 Å². The van der Waals surface area contributed by atoms with Crippen molar-refractivity contribution in [2.24, 2.45) is 0 Å². The van der Waals surface area contributed by atoms with Crippen LogP contribution < -0.4 is 30.6 Å². The minimum absolute atomic E-state index is 0.